The molecule has 10 nitrogen and oxygen atoms in total. The van der Waals surface area contributed by atoms with Crippen LogP contribution in [0, 0.1) is 5.92 Å². The second kappa shape index (κ2) is 12.0. The summed E-state index contributed by atoms with van der Waals surface area (Å²) in [5.74, 6) is -1.42. The Balaban J connectivity index is 1.32. The van der Waals surface area contributed by atoms with Crippen molar-refractivity contribution in [3.63, 3.8) is 0 Å². The molecule has 1 aromatic rings. The number of hydrogen-bond donors (Lipinski definition) is 2. The molecule has 0 radical (unpaired) electrons. The van der Waals surface area contributed by atoms with E-state index in [1.807, 2.05) is 24.3 Å². The fourth-order valence-electron chi connectivity index (χ4n) is 6.16. The quantitative estimate of drug-likeness (QED) is 0.435. The summed E-state index contributed by atoms with van der Waals surface area (Å²) in [7, 11) is 0. The van der Waals surface area contributed by atoms with Crippen molar-refractivity contribution in [2.75, 3.05) is 19.7 Å². The number of nitrogens with zero attached hydrogens (tertiary/aromatic N) is 2. The number of hydrogen-bond acceptors (Lipinski definition) is 7. The first kappa shape index (κ1) is 28.1. The molecule has 0 unspecified atom stereocenters. The largest absolute Gasteiger partial charge is 0.464 e. The van der Waals surface area contributed by atoms with E-state index in [9.17, 15) is 19.2 Å². The second-order valence-electron chi connectivity index (χ2n) is 11.4. The predicted molar refractivity (Wildman–Crippen MR) is 147 cm³/mol. The molecular formula is C30H40N4O6. The number of esters is 1. The molecule has 2 fully saturated rings. The van der Waals surface area contributed by atoms with Gasteiger partial charge in [0.1, 0.15) is 17.7 Å². The van der Waals surface area contributed by atoms with E-state index < -0.39 is 41.7 Å². The van der Waals surface area contributed by atoms with Crippen LogP contribution in [0.1, 0.15) is 63.0 Å². The van der Waals surface area contributed by atoms with E-state index >= 15 is 0 Å². The normalized spacial score (nSPS) is 31.4. The monoisotopic (exact) mass is 552 g/mol. The summed E-state index contributed by atoms with van der Waals surface area (Å²) in [6, 6.07) is 6.36. The zero-order valence-electron chi connectivity index (χ0n) is 23.2. The molecule has 216 valence electrons. The minimum Gasteiger partial charge on any atom is -0.464 e. The molecule has 0 bridgehead atoms. The summed E-state index contributed by atoms with van der Waals surface area (Å²) in [5, 5.41) is 2.93. The molecule has 1 aliphatic carbocycles. The van der Waals surface area contributed by atoms with Crippen LogP contribution in [0.15, 0.2) is 36.4 Å². The first-order valence-corrected chi connectivity index (χ1v) is 14.6. The molecule has 3 aliphatic heterocycles. The fourth-order valence-corrected chi connectivity index (χ4v) is 6.16. The highest BCUT2D eigenvalue weighted by molar-refractivity contribution is 5.96. The van der Waals surface area contributed by atoms with Crippen LogP contribution in [-0.4, -0.2) is 77.1 Å². The van der Waals surface area contributed by atoms with Crippen molar-refractivity contribution in [1.29, 1.82) is 0 Å². The third-order valence-electron chi connectivity index (χ3n) is 8.58. The topological polar surface area (TPSA) is 131 Å². The maximum atomic E-state index is 13.7. The van der Waals surface area contributed by atoms with Gasteiger partial charge in [-0.2, -0.15) is 0 Å². The Morgan fingerprint density at radius 3 is 2.75 bits per heavy atom. The zero-order valence-corrected chi connectivity index (χ0v) is 23.2. The van der Waals surface area contributed by atoms with Crippen molar-refractivity contribution in [2.24, 2.45) is 11.7 Å². The van der Waals surface area contributed by atoms with Gasteiger partial charge in [-0.15, -0.1) is 0 Å². The maximum Gasteiger partial charge on any atom is 0.410 e. The van der Waals surface area contributed by atoms with Gasteiger partial charge in [0.05, 0.1) is 19.2 Å². The molecule has 40 heavy (non-hydrogen) atoms. The van der Waals surface area contributed by atoms with Gasteiger partial charge in [-0.05, 0) is 50.2 Å². The average molecular weight is 553 g/mol. The Morgan fingerprint density at radius 2 is 1.95 bits per heavy atom. The summed E-state index contributed by atoms with van der Waals surface area (Å²) >= 11 is 0. The molecular weight excluding hydrogens is 512 g/mol. The number of carbonyl (C=O) groups is 4. The predicted octanol–water partition coefficient (Wildman–Crippen LogP) is 2.44. The van der Waals surface area contributed by atoms with Crippen LogP contribution in [0.4, 0.5) is 4.79 Å². The van der Waals surface area contributed by atoms with E-state index in [0.717, 1.165) is 37.7 Å². The van der Waals surface area contributed by atoms with Gasteiger partial charge >= 0.3 is 12.1 Å². The van der Waals surface area contributed by atoms with Gasteiger partial charge in [0.15, 0.2) is 0 Å². The van der Waals surface area contributed by atoms with Crippen LogP contribution in [0.25, 0.3) is 0 Å². The third kappa shape index (κ3) is 5.87. The Morgan fingerprint density at radius 1 is 1.15 bits per heavy atom. The standard InChI is InChI=1S/C30H40N4O6/c1-2-39-28(37)30-17-22(30)12-6-4-3-5-7-13-24(31)27(36)34-19-23(16-25(34)26(35)32-30)40-29(38)33-15-14-20-10-8-9-11-21(20)18-33/h6,8-12,22-25H,2-5,7,13-19,31H2,1H3,(H,32,35)/b12-6-/t22-,23+,24-,25-,30+/m0/s1. The fraction of sp³-hybridized carbons (Fsp3) is 0.600. The van der Waals surface area contributed by atoms with Crippen molar-refractivity contribution in [3.05, 3.63) is 47.5 Å². The number of carbonyl (C=O) groups excluding carboxylic acids is 4. The maximum absolute atomic E-state index is 13.7. The Kier molecular flexibility index (Phi) is 8.44. The summed E-state index contributed by atoms with van der Waals surface area (Å²) in [6.45, 7) is 3.01. The number of rotatable bonds is 3. The smallest absolute Gasteiger partial charge is 0.410 e. The van der Waals surface area contributed by atoms with E-state index in [0.29, 0.717) is 25.9 Å². The molecule has 5 atom stereocenters. The summed E-state index contributed by atoms with van der Waals surface area (Å²) in [6.07, 6.45) is 8.30. The molecule has 0 aromatic heterocycles. The summed E-state index contributed by atoms with van der Waals surface area (Å²) in [4.78, 5) is 56.3. The van der Waals surface area contributed by atoms with Gasteiger partial charge in [0.2, 0.25) is 11.8 Å². The summed E-state index contributed by atoms with van der Waals surface area (Å²) < 4.78 is 11.2. The van der Waals surface area contributed by atoms with Crippen LogP contribution in [0.3, 0.4) is 0 Å². The van der Waals surface area contributed by atoms with Gasteiger partial charge in [-0.1, -0.05) is 49.3 Å². The molecule has 3 amide bonds. The first-order valence-electron chi connectivity index (χ1n) is 14.6. The summed E-state index contributed by atoms with van der Waals surface area (Å²) in [5.41, 5.74) is 7.46. The zero-order chi connectivity index (χ0) is 28.3. The number of ether oxygens (including phenoxy) is 2. The van der Waals surface area contributed by atoms with Gasteiger partial charge in [-0.25, -0.2) is 9.59 Å². The van der Waals surface area contributed by atoms with Crippen LogP contribution < -0.4 is 11.1 Å². The third-order valence-corrected chi connectivity index (χ3v) is 8.58. The van der Waals surface area contributed by atoms with Gasteiger partial charge < -0.3 is 30.3 Å². The van der Waals surface area contributed by atoms with E-state index in [-0.39, 0.29) is 31.4 Å². The molecule has 5 rings (SSSR count). The minimum absolute atomic E-state index is 0.0799. The van der Waals surface area contributed by atoms with Crippen LogP contribution in [0.2, 0.25) is 0 Å². The number of benzene rings is 1. The van der Waals surface area contributed by atoms with Crippen molar-refractivity contribution in [1.82, 2.24) is 15.1 Å². The highest BCUT2D eigenvalue weighted by Crippen LogP contribution is 2.46. The molecule has 0 spiro atoms. The first-order chi connectivity index (χ1) is 19.3. The molecule has 1 saturated heterocycles. The lowest BCUT2D eigenvalue weighted by atomic mass is 10.0. The van der Waals surface area contributed by atoms with Crippen LogP contribution >= 0.6 is 0 Å². The average Bonchev–Trinajstić information content (AvgIpc) is 3.48. The highest BCUT2D eigenvalue weighted by atomic mass is 16.6. The van der Waals surface area contributed by atoms with Gasteiger partial charge in [0.25, 0.3) is 0 Å². The number of amides is 3. The molecule has 4 aliphatic rings. The van der Waals surface area contributed by atoms with E-state index in [1.165, 1.54) is 10.5 Å². The molecule has 10 heteroatoms. The lowest BCUT2D eigenvalue weighted by molar-refractivity contribution is -0.150. The van der Waals surface area contributed by atoms with E-state index in [4.69, 9.17) is 15.2 Å². The number of nitrogens with one attached hydrogen (secondary N) is 1. The van der Waals surface area contributed by atoms with E-state index in [1.54, 1.807) is 11.8 Å². The van der Waals surface area contributed by atoms with E-state index in [2.05, 4.69) is 17.5 Å². The molecule has 1 aromatic carbocycles. The van der Waals surface area contributed by atoms with Gasteiger partial charge in [0, 0.05) is 25.4 Å². The Labute approximate surface area is 235 Å². The highest BCUT2D eigenvalue weighted by Gasteiger charge is 2.62. The molecule has 3 N–H and O–H groups in total. The van der Waals surface area contributed by atoms with Crippen molar-refractivity contribution < 1.29 is 28.7 Å². The number of nitrogens with two attached hydrogens (primary N) is 1. The lowest BCUT2D eigenvalue weighted by Gasteiger charge is -2.29. The molecule has 3 heterocycles. The Hall–Kier alpha value is -3.40. The number of allylic oxidation sites excluding steroid dienone is 1. The van der Waals surface area contributed by atoms with Crippen molar-refractivity contribution in [3.8, 4) is 0 Å². The number of fused-ring (bicyclic) bond motifs is 3. The minimum atomic E-state index is -1.14. The SMILES string of the molecule is CCOC(=O)[C@@]12C[C@@H]1/C=C\CCCCC[C@H](N)C(=O)N1C[C@H](OC(=O)N3CCc4ccccc4C3)C[C@H]1C(=O)N2. The molecule has 1 saturated carbocycles. The van der Waals surface area contributed by atoms with Crippen molar-refractivity contribution in [2.45, 2.75) is 88.6 Å². The Bertz CT molecular complexity index is 1170. The van der Waals surface area contributed by atoms with Crippen molar-refractivity contribution >= 4 is 23.9 Å². The van der Waals surface area contributed by atoms with Crippen LogP contribution in [0.5, 0.6) is 0 Å². The second-order valence-corrected chi connectivity index (χ2v) is 11.4. The lowest BCUT2D eigenvalue weighted by Crippen LogP contribution is -2.55. The van der Waals surface area contributed by atoms with Gasteiger partial charge in [-0.3, -0.25) is 9.59 Å². The van der Waals surface area contributed by atoms with Crippen LogP contribution in [-0.2, 0) is 36.8 Å².